The molecule has 0 saturated heterocycles. The molecule has 0 bridgehead atoms. The molecule has 0 unspecified atom stereocenters. The van der Waals surface area contributed by atoms with Crippen LogP contribution in [0, 0.1) is 0 Å². The number of hydrogen-bond donors (Lipinski definition) is 1. The van der Waals surface area contributed by atoms with Crippen LogP contribution in [0.25, 0.3) is 11.3 Å². The molecule has 0 spiro atoms. The first-order valence-electron chi connectivity index (χ1n) is 10.1. The van der Waals surface area contributed by atoms with Gasteiger partial charge in [-0.05, 0) is 54.1 Å². The molecule has 2 aromatic heterocycles. The average Bonchev–Trinajstić information content (AvgIpc) is 3.34. The summed E-state index contributed by atoms with van der Waals surface area (Å²) in [4.78, 5) is 16.6. The number of carbonyl (C=O) groups is 1. The summed E-state index contributed by atoms with van der Waals surface area (Å²) < 4.78 is 55.6. The van der Waals surface area contributed by atoms with Gasteiger partial charge in [0, 0.05) is 29.7 Å². The lowest BCUT2D eigenvalue weighted by atomic mass is 10.1. The Bertz CT molecular complexity index is 1290. The summed E-state index contributed by atoms with van der Waals surface area (Å²) in [5, 5.41) is 2.69. The monoisotopic (exact) mass is 468 g/mol. The summed E-state index contributed by atoms with van der Waals surface area (Å²) in [5.41, 5.74) is 0.742. The first kappa shape index (κ1) is 22.9. The Kier molecular flexibility index (Phi) is 6.53. The third-order valence-electron chi connectivity index (χ3n) is 4.87. The molecule has 0 aliphatic rings. The number of hydrogen-bond acceptors (Lipinski definition) is 5. The Morgan fingerprint density at radius 3 is 2.53 bits per heavy atom. The fourth-order valence-corrected chi connectivity index (χ4v) is 3.16. The third-order valence-corrected chi connectivity index (χ3v) is 4.87. The van der Waals surface area contributed by atoms with E-state index in [2.05, 4.69) is 10.3 Å². The number of anilines is 1. The highest BCUT2D eigenvalue weighted by atomic mass is 19.4. The van der Waals surface area contributed by atoms with E-state index < -0.39 is 17.6 Å². The van der Waals surface area contributed by atoms with Crippen molar-refractivity contribution in [3.05, 3.63) is 96.0 Å². The van der Waals surface area contributed by atoms with Gasteiger partial charge in [0.15, 0.2) is 17.3 Å². The largest absolute Gasteiger partial charge is 0.493 e. The molecule has 2 aromatic carbocycles. The maximum absolute atomic E-state index is 13.0. The van der Waals surface area contributed by atoms with Crippen LogP contribution in [0.4, 0.5) is 18.9 Å². The van der Waals surface area contributed by atoms with Gasteiger partial charge in [0.2, 0.25) is 0 Å². The van der Waals surface area contributed by atoms with Crippen LogP contribution in [-0.2, 0) is 12.8 Å². The predicted molar refractivity (Wildman–Crippen MR) is 119 cm³/mol. The molecule has 1 N–H and O–H groups in total. The number of rotatable bonds is 7. The summed E-state index contributed by atoms with van der Waals surface area (Å²) in [5.74, 6) is 0.427. The number of nitrogens with one attached hydrogen (secondary N) is 1. The van der Waals surface area contributed by atoms with E-state index in [9.17, 15) is 18.0 Å². The lowest BCUT2D eigenvalue weighted by Gasteiger charge is -2.13. The number of amides is 1. The molecule has 1 amide bonds. The van der Waals surface area contributed by atoms with Crippen molar-refractivity contribution in [1.82, 2.24) is 4.98 Å². The Morgan fingerprint density at radius 2 is 1.79 bits per heavy atom. The van der Waals surface area contributed by atoms with Gasteiger partial charge < -0.3 is 19.2 Å². The van der Waals surface area contributed by atoms with Crippen molar-refractivity contribution in [2.24, 2.45) is 0 Å². The lowest BCUT2D eigenvalue weighted by Crippen LogP contribution is -2.11. The molecule has 0 aliphatic carbocycles. The summed E-state index contributed by atoms with van der Waals surface area (Å²) in [6.07, 6.45) is -1.17. The lowest BCUT2D eigenvalue weighted by molar-refractivity contribution is -0.137. The third kappa shape index (κ3) is 5.37. The minimum atomic E-state index is -4.48. The molecule has 0 fully saturated rings. The van der Waals surface area contributed by atoms with Gasteiger partial charge in [-0.15, -0.1) is 0 Å². The van der Waals surface area contributed by atoms with Gasteiger partial charge in [0.05, 0.1) is 12.7 Å². The van der Waals surface area contributed by atoms with E-state index in [4.69, 9.17) is 13.9 Å². The second-order valence-electron chi connectivity index (χ2n) is 7.21. The summed E-state index contributed by atoms with van der Waals surface area (Å²) in [6, 6.07) is 16.1. The van der Waals surface area contributed by atoms with Crippen LogP contribution in [0.1, 0.15) is 21.7 Å². The minimum Gasteiger partial charge on any atom is -0.493 e. The average molecular weight is 468 g/mol. The van der Waals surface area contributed by atoms with Crippen LogP contribution < -0.4 is 14.8 Å². The number of alkyl halides is 3. The summed E-state index contributed by atoms with van der Waals surface area (Å²) >= 11 is 0. The second kappa shape index (κ2) is 9.70. The maximum Gasteiger partial charge on any atom is 0.416 e. The minimum absolute atomic E-state index is 0.0533. The van der Waals surface area contributed by atoms with Crippen LogP contribution in [0.5, 0.6) is 11.5 Å². The van der Waals surface area contributed by atoms with Crippen LogP contribution in [0.15, 0.2) is 83.5 Å². The molecule has 0 radical (unpaired) electrons. The number of carbonyl (C=O) groups excluding carboxylic acids is 1. The Morgan fingerprint density at radius 1 is 1.00 bits per heavy atom. The molecule has 9 heteroatoms. The molecule has 4 aromatic rings. The van der Waals surface area contributed by atoms with Crippen LogP contribution in [0.2, 0.25) is 0 Å². The number of ether oxygens (including phenoxy) is 2. The molecule has 6 nitrogen and oxygen atoms in total. The summed E-state index contributed by atoms with van der Waals surface area (Å²) in [7, 11) is 1.51. The van der Waals surface area contributed by atoms with E-state index >= 15 is 0 Å². The van der Waals surface area contributed by atoms with Gasteiger partial charge in [-0.2, -0.15) is 13.2 Å². The molecule has 174 valence electrons. The fraction of sp³-hybridized carbons (Fsp3) is 0.120. The number of furan rings is 1. The van der Waals surface area contributed by atoms with Crippen molar-refractivity contribution >= 4 is 11.6 Å². The predicted octanol–water partition coefficient (Wildman–Crippen LogP) is 6.20. The SMILES string of the molecule is COc1ccc(NC(=O)c2ccc(-c3cccc(C(F)(F)F)c3)o2)cc1OCc1ccncc1. The topological polar surface area (TPSA) is 73.6 Å². The second-order valence-corrected chi connectivity index (χ2v) is 7.21. The zero-order valence-electron chi connectivity index (χ0n) is 17.9. The molecule has 2 heterocycles. The van der Waals surface area contributed by atoms with Gasteiger partial charge in [-0.1, -0.05) is 12.1 Å². The number of benzene rings is 2. The van der Waals surface area contributed by atoms with E-state index in [0.29, 0.717) is 17.2 Å². The molecular weight excluding hydrogens is 449 g/mol. The number of aromatic nitrogens is 1. The Balaban J connectivity index is 1.48. The van der Waals surface area contributed by atoms with E-state index in [1.165, 1.54) is 31.4 Å². The Labute approximate surface area is 193 Å². The highest BCUT2D eigenvalue weighted by Crippen LogP contribution is 2.33. The van der Waals surface area contributed by atoms with Crippen molar-refractivity contribution in [2.75, 3.05) is 12.4 Å². The van der Waals surface area contributed by atoms with Gasteiger partial charge in [-0.25, -0.2) is 0 Å². The molecule has 4 rings (SSSR count). The Hall–Kier alpha value is -4.27. The van der Waals surface area contributed by atoms with Crippen molar-refractivity contribution < 1.29 is 31.9 Å². The summed E-state index contributed by atoms with van der Waals surface area (Å²) in [6.45, 7) is 0.273. The maximum atomic E-state index is 13.0. The van der Waals surface area contributed by atoms with Crippen molar-refractivity contribution in [3.63, 3.8) is 0 Å². The smallest absolute Gasteiger partial charge is 0.416 e. The molecule has 0 aliphatic heterocycles. The van der Waals surface area contributed by atoms with Crippen LogP contribution in [0.3, 0.4) is 0 Å². The van der Waals surface area contributed by atoms with Gasteiger partial charge in [0.1, 0.15) is 12.4 Å². The van der Waals surface area contributed by atoms with Gasteiger partial charge in [-0.3, -0.25) is 9.78 Å². The number of halogens is 3. The zero-order chi connectivity index (χ0) is 24.1. The van der Waals surface area contributed by atoms with E-state index in [1.54, 1.807) is 30.6 Å². The van der Waals surface area contributed by atoms with E-state index in [-0.39, 0.29) is 23.7 Å². The van der Waals surface area contributed by atoms with E-state index in [1.807, 2.05) is 12.1 Å². The molecule has 0 atom stereocenters. The first-order valence-corrected chi connectivity index (χ1v) is 10.1. The van der Waals surface area contributed by atoms with Crippen molar-refractivity contribution in [2.45, 2.75) is 12.8 Å². The number of pyridine rings is 1. The van der Waals surface area contributed by atoms with Crippen LogP contribution >= 0.6 is 0 Å². The van der Waals surface area contributed by atoms with Gasteiger partial charge in [0.25, 0.3) is 5.91 Å². The number of nitrogens with zero attached hydrogens (tertiary/aromatic N) is 1. The van der Waals surface area contributed by atoms with Crippen molar-refractivity contribution in [1.29, 1.82) is 0 Å². The first-order chi connectivity index (χ1) is 16.3. The molecular formula is C25H19F3N2O4. The highest BCUT2D eigenvalue weighted by Gasteiger charge is 2.30. The highest BCUT2D eigenvalue weighted by molar-refractivity contribution is 6.02. The molecule has 34 heavy (non-hydrogen) atoms. The normalized spacial score (nSPS) is 11.2. The van der Waals surface area contributed by atoms with E-state index in [0.717, 1.165) is 17.7 Å². The molecule has 0 saturated carbocycles. The van der Waals surface area contributed by atoms with Crippen molar-refractivity contribution in [3.8, 4) is 22.8 Å². The zero-order valence-corrected chi connectivity index (χ0v) is 17.9. The standard InChI is InChI=1S/C25H19F3N2O4/c1-32-21-6-5-19(14-23(21)33-15-16-9-11-29-12-10-16)30-24(31)22-8-7-20(34-22)17-3-2-4-18(13-17)25(26,27)28/h2-14H,15H2,1H3,(H,30,31). The van der Waals surface area contributed by atoms with Crippen LogP contribution in [-0.4, -0.2) is 18.0 Å². The fourth-order valence-electron chi connectivity index (χ4n) is 3.16. The number of methoxy groups -OCH3 is 1. The van der Waals surface area contributed by atoms with Gasteiger partial charge >= 0.3 is 6.18 Å². The quantitative estimate of drug-likeness (QED) is 0.350.